The Morgan fingerprint density at radius 2 is 1.69 bits per heavy atom. The summed E-state index contributed by atoms with van der Waals surface area (Å²) in [6.45, 7) is 3.07. The first-order valence-corrected chi connectivity index (χ1v) is 9.55. The highest BCUT2D eigenvalue weighted by Gasteiger charge is 2.37. The Balaban J connectivity index is 1.40. The van der Waals surface area contributed by atoms with Crippen LogP contribution in [-0.4, -0.2) is 48.5 Å². The summed E-state index contributed by atoms with van der Waals surface area (Å²) in [5.41, 5.74) is 7.97. The minimum absolute atomic E-state index is 0.0273. The van der Waals surface area contributed by atoms with E-state index in [1.54, 1.807) is 24.3 Å². The number of non-ortho nitro benzene ring substituents is 1. The van der Waals surface area contributed by atoms with Gasteiger partial charge in [0, 0.05) is 50.5 Å². The average Bonchev–Trinajstić information content (AvgIpc) is 3.24. The van der Waals surface area contributed by atoms with Crippen molar-refractivity contribution in [3.63, 3.8) is 0 Å². The van der Waals surface area contributed by atoms with Crippen LogP contribution >= 0.6 is 0 Å². The maximum Gasteiger partial charge on any atom is 0.269 e. The summed E-state index contributed by atoms with van der Waals surface area (Å²) in [7, 11) is 0. The summed E-state index contributed by atoms with van der Waals surface area (Å²) >= 11 is 0. The lowest BCUT2D eigenvalue weighted by molar-refractivity contribution is -0.384. The fraction of sp³-hybridized carbons (Fsp3) is 0.350. The number of nitro groups is 1. The molecule has 152 valence electrons. The van der Waals surface area contributed by atoms with Crippen molar-refractivity contribution in [3.8, 4) is 0 Å². The van der Waals surface area contributed by atoms with Crippen LogP contribution < -0.4 is 15.8 Å². The Labute approximate surface area is 167 Å². The van der Waals surface area contributed by atoms with Gasteiger partial charge >= 0.3 is 0 Å². The quantitative estimate of drug-likeness (QED) is 0.602. The maximum atomic E-state index is 13.1. The number of nitrogens with one attached hydrogen (secondary N) is 2. The second kappa shape index (κ2) is 8.14. The number of amides is 1. The van der Waals surface area contributed by atoms with Crippen LogP contribution in [0.1, 0.15) is 11.6 Å². The summed E-state index contributed by atoms with van der Waals surface area (Å²) in [6, 6.07) is 12.4. The number of benzene rings is 2. The number of anilines is 1. The van der Waals surface area contributed by atoms with E-state index >= 15 is 0 Å². The number of rotatable bonds is 4. The van der Waals surface area contributed by atoms with Crippen LogP contribution in [0.5, 0.6) is 0 Å². The molecule has 2 aromatic rings. The lowest BCUT2D eigenvalue weighted by Gasteiger charge is -2.37. The van der Waals surface area contributed by atoms with E-state index in [1.165, 1.54) is 24.3 Å². The Kier molecular flexibility index (Phi) is 5.41. The molecule has 2 aromatic carbocycles. The minimum atomic E-state index is -0.437. The number of nitrogens with zero attached hydrogens (tertiary/aromatic N) is 3. The third-order valence-electron chi connectivity index (χ3n) is 5.55. The molecule has 1 amide bonds. The number of hydrogen-bond acceptors (Lipinski definition) is 6. The first-order chi connectivity index (χ1) is 14.0. The molecule has 2 unspecified atom stereocenters. The van der Waals surface area contributed by atoms with E-state index in [0.29, 0.717) is 32.7 Å². The molecular formula is C20H22FN5O3. The molecule has 0 aromatic heterocycles. The van der Waals surface area contributed by atoms with Crippen molar-refractivity contribution in [1.29, 1.82) is 0 Å². The van der Waals surface area contributed by atoms with Gasteiger partial charge in [0.25, 0.3) is 5.69 Å². The zero-order chi connectivity index (χ0) is 20.4. The monoisotopic (exact) mass is 399 g/mol. The largest absolute Gasteiger partial charge is 0.368 e. The number of piperazine rings is 1. The molecule has 0 spiro atoms. The van der Waals surface area contributed by atoms with Crippen molar-refractivity contribution >= 4 is 17.3 Å². The summed E-state index contributed by atoms with van der Waals surface area (Å²) < 4.78 is 13.1. The smallest absolute Gasteiger partial charge is 0.269 e. The van der Waals surface area contributed by atoms with Gasteiger partial charge in [-0.15, -0.1) is 0 Å². The van der Waals surface area contributed by atoms with Crippen LogP contribution in [0.25, 0.3) is 0 Å². The normalized spacial score (nSPS) is 22.0. The number of hydrazine groups is 1. The molecule has 9 heteroatoms. The molecule has 0 aliphatic carbocycles. The highest BCUT2D eigenvalue weighted by molar-refractivity contribution is 5.81. The predicted octanol–water partition coefficient (Wildman–Crippen LogP) is 1.85. The van der Waals surface area contributed by atoms with Crippen molar-refractivity contribution in [2.45, 2.75) is 6.04 Å². The van der Waals surface area contributed by atoms with Crippen molar-refractivity contribution in [2.75, 3.05) is 37.6 Å². The van der Waals surface area contributed by atoms with E-state index in [9.17, 15) is 19.3 Å². The van der Waals surface area contributed by atoms with Crippen LogP contribution in [0, 0.1) is 21.8 Å². The molecule has 2 atom stereocenters. The zero-order valence-electron chi connectivity index (χ0n) is 15.8. The highest BCUT2D eigenvalue weighted by atomic mass is 19.1. The zero-order valence-corrected chi connectivity index (χ0v) is 15.8. The first-order valence-electron chi connectivity index (χ1n) is 9.55. The molecule has 2 aliphatic rings. The van der Waals surface area contributed by atoms with Crippen LogP contribution in [-0.2, 0) is 4.79 Å². The molecule has 0 saturated carbocycles. The Morgan fingerprint density at radius 1 is 1.03 bits per heavy atom. The summed E-state index contributed by atoms with van der Waals surface area (Å²) in [4.78, 5) is 27.5. The third kappa shape index (κ3) is 4.06. The second-order valence-electron chi connectivity index (χ2n) is 7.25. The molecule has 2 aliphatic heterocycles. The molecular weight excluding hydrogens is 377 g/mol. The number of nitro benzene ring substituents is 1. The molecule has 0 radical (unpaired) electrons. The first kappa shape index (κ1) is 19.3. The Hall–Kier alpha value is -3.04. The molecule has 0 bridgehead atoms. The third-order valence-corrected chi connectivity index (χ3v) is 5.55. The number of hydrogen-bond donors (Lipinski definition) is 2. The van der Waals surface area contributed by atoms with Gasteiger partial charge in [-0.1, -0.05) is 12.1 Å². The van der Waals surface area contributed by atoms with Crippen molar-refractivity contribution in [3.05, 3.63) is 70.0 Å². The molecule has 2 heterocycles. The topological polar surface area (TPSA) is 90.7 Å². The Bertz CT molecular complexity index is 882. The van der Waals surface area contributed by atoms with E-state index in [0.717, 1.165) is 11.3 Å². The van der Waals surface area contributed by atoms with Crippen molar-refractivity contribution in [1.82, 2.24) is 15.8 Å². The molecule has 2 N–H and O–H groups in total. The summed E-state index contributed by atoms with van der Waals surface area (Å²) in [5, 5.41) is 10.9. The summed E-state index contributed by atoms with van der Waals surface area (Å²) in [6.07, 6.45) is 0. The predicted molar refractivity (Wildman–Crippen MR) is 106 cm³/mol. The fourth-order valence-electron chi connectivity index (χ4n) is 3.92. The van der Waals surface area contributed by atoms with Gasteiger partial charge in [0.1, 0.15) is 5.82 Å². The lowest BCUT2D eigenvalue weighted by atomic mass is 9.93. The van der Waals surface area contributed by atoms with E-state index in [2.05, 4.69) is 15.8 Å². The second-order valence-corrected chi connectivity index (χ2v) is 7.25. The van der Waals surface area contributed by atoms with Crippen LogP contribution in [0.15, 0.2) is 48.5 Å². The van der Waals surface area contributed by atoms with Crippen molar-refractivity contribution < 1.29 is 14.1 Å². The molecule has 8 nitrogen and oxygen atoms in total. The SMILES string of the molecule is O=C(C1CNNC1c1ccc([N+](=O)[O-])cc1)N1CCN(c2ccc(F)cc2)CC1. The fourth-order valence-corrected chi connectivity index (χ4v) is 3.92. The van der Waals surface area contributed by atoms with Crippen LogP contribution in [0.4, 0.5) is 15.8 Å². The molecule has 29 heavy (non-hydrogen) atoms. The van der Waals surface area contributed by atoms with E-state index in [4.69, 9.17) is 0 Å². The number of carbonyl (C=O) groups excluding carboxylic acids is 1. The van der Waals surface area contributed by atoms with Gasteiger partial charge in [0.15, 0.2) is 0 Å². The van der Waals surface area contributed by atoms with Gasteiger partial charge in [-0.2, -0.15) is 0 Å². The van der Waals surface area contributed by atoms with Gasteiger partial charge in [-0.05, 0) is 29.8 Å². The van der Waals surface area contributed by atoms with Gasteiger partial charge in [-0.3, -0.25) is 20.3 Å². The lowest BCUT2D eigenvalue weighted by Crippen LogP contribution is -2.51. The van der Waals surface area contributed by atoms with Gasteiger partial charge in [0.05, 0.1) is 16.9 Å². The highest BCUT2D eigenvalue weighted by Crippen LogP contribution is 2.28. The van der Waals surface area contributed by atoms with E-state index in [1.807, 2.05) is 4.90 Å². The Morgan fingerprint density at radius 3 is 2.31 bits per heavy atom. The maximum absolute atomic E-state index is 13.1. The van der Waals surface area contributed by atoms with E-state index in [-0.39, 0.29) is 29.4 Å². The van der Waals surface area contributed by atoms with Crippen LogP contribution in [0.2, 0.25) is 0 Å². The molecule has 2 saturated heterocycles. The summed E-state index contributed by atoms with van der Waals surface area (Å²) in [5.74, 6) is -0.487. The van der Waals surface area contributed by atoms with Gasteiger partial charge in [-0.25, -0.2) is 9.82 Å². The average molecular weight is 399 g/mol. The van der Waals surface area contributed by atoms with Crippen LogP contribution in [0.3, 0.4) is 0 Å². The van der Waals surface area contributed by atoms with Gasteiger partial charge in [0.2, 0.25) is 5.91 Å². The number of halogens is 1. The minimum Gasteiger partial charge on any atom is -0.368 e. The standard InChI is InChI=1S/C20H22FN5O3/c21-15-3-7-16(8-4-15)24-9-11-25(12-10-24)20(27)18-13-22-23-19(18)14-1-5-17(6-2-14)26(28)29/h1-8,18-19,22-23H,9-13H2. The van der Waals surface area contributed by atoms with Gasteiger partial charge < -0.3 is 9.80 Å². The molecule has 4 rings (SSSR count). The molecule has 2 fully saturated rings. The van der Waals surface area contributed by atoms with Crippen molar-refractivity contribution in [2.24, 2.45) is 5.92 Å². The number of carbonyl (C=O) groups is 1. The van der Waals surface area contributed by atoms with E-state index < -0.39 is 4.92 Å².